The number of carboxylic acid groups (broad SMARTS) is 1. The Kier molecular flexibility index (Phi) is 7.31. The fraction of sp³-hybridized carbons (Fsp3) is 0.533. The van der Waals surface area contributed by atoms with Crippen LogP contribution in [-0.2, 0) is 14.8 Å². The zero-order valence-electron chi connectivity index (χ0n) is 14.4. The number of hydrogen-bond donors (Lipinski definition) is 2. The van der Waals surface area contributed by atoms with Crippen molar-refractivity contribution >= 4 is 27.4 Å². The van der Waals surface area contributed by atoms with Crippen LogP contribution < -0.4 is 5.32 Å². The summed E-state index contributed by atoms with van der Waals surface area (Å²) >= 11 is 0. The minimum absolute atomic E-state index is 0.0238. The maximum absolute atomic E-state index is 12.5. The molecule has 0 spiro atoms. The molecule has 0 aliphatic heterocycles. The summed E-state index contributed by atoms with van der Waals surface area (Å²) in [6.45, 7) is 5.63. The number of nitro benzene ring substituents is 1. The zero-order chi connectivity index (χ0) is 19.2. The maximum atomic E-state index is 12.5. The first-order chi connectivity index (χ1) is 11.7. The fourth-order valence-corrected chi connectivity index (χ4v) is 3.87. The standard InChI is InChI=1S/C15H23N3O6S/c1-4-7-13(15(19)20)16-12-9-8-11(10-14(12)18(21)22)25(23,24)17(5-2)6-3/h8-10,13,16H,4-7H2,1-3H3,(H,19,20). The van der Waals surface area contributed by atoms with Crippen LogP contribution in [0, 0.1) is 10.1 Å². The van der Waals surface area contributed by atoms with Crippen LogP contribution in [0.3, 0.4) is 0 Å². The molecule has 0 amide bonds. The Bertz CT molecular complexity index is 731. The van der Waals surface area contributed by atoms with Gasteiger partial charge in [0.25, 0.3) is 5.69 Å². The van der Waals surface area contributed by atoms with Gasteiger partial charge < -0.3 is 10.4 Å². The van der Waals surface area contributed by atoms with E-state index in [0.29, 0.717) is 6.42 Å². The summed E-state index contributed by atoms with van der Waals surface area (Å²) < 4.78 is 26.2. The van der Waals surface area contributed by atoms with Crippen LogP contribution in [0.2, 0.25) is 0 Å². The average molecular weight is 373 g/mol. The number of nitrogens with one attached hydrogen (secondary N) is 1. The zero-order valence-corrected chi connectivity index (χ0v) is 15.2. The molecule has 0 aliphatic rings. The molecule has 9 nitrogen and oxygen atoms in total. The third kappa shape index (κ3) is 4.89. The molecule has 140 valence electrons. The molecule has 0 radical (unpaired) electrons. The predicted octanol–water partition coefficient (Wildman–Crippen LogP) is 2.29. The maximum Gasteiger partial charge on any atom is 0.326 e. The first-order valence-electron chi connectivity index (χ1n) is 7.96. The van der Waals surface area contributed by atoms with Gasteiger partial charge in [-0.25, -0.2) is 13.2 Å². The van der Waals surface area contributed by atoms with E-state index in [0.717, 1.165) is 6.07 Å². The van der Waals surface area contributed by atoms with Crippen molar-refractivity contribution in [3.63, 3.8) is 0 Å². The number of aliphatic carboxylic acids is 1. The van der Waals surface area contributed by atoms with Crippen LogP contribution in [0.15, 0.2) is 23.1 Å². The third-order valence-electron chi connectivity index (χ3n) is 3.71. The summed E-state index contributed by atoms with van der Waals surface area (Å²) in [5.41, 5.74) is -0.500. The van der Waals surface area contributed by atoms with E-state index in [9.17, 15) is 28.4 Å². The second kappa shape index (κ2) is 8.77. The Morgan fingerprint density at radius 3 is 2.36 bits per heavy atom. The molecule has 0 fully saturated rings. The van der Waals surface area contributed by atoms with Gasteiger partial charge in [0.05, 0.1) is 9.82 Å². The van der Waals surface area contributed by atoms with Gasteiger partial charge in [-0.1, -0.05) is 27.2 Å². The molecule has 1 unspecified atom stereocenters. The Labute approximate surface area is 146 Å². The van der Waals surface area contributed by atoms with Gasteiger partial charge in [-0.3, -0.25) is 10.1 Å². The van der Waals surface area contributed by atoms with E-state index < -0.39 is 32.6 Å². The molecular weight excluding hydrogens is 350 g/mol. The van der Waals surface area contributed by atoms with Crippen molar-refractivity contribution in [1.29, 1.82) is 0 Å². The smallest absolute Gasteiger partial charge is 0.326 e. The van der Waals surface area contributed by atoms with Gasteiger partial charge in [0.2, 0.25) is 10.0 Å². The number of carboxylic acids is 1. The molecule has 10 heteroatoms. The Morgan fingerprint density at radius 2 is 1.92 bits per heavy atom. The molecule has 0 bridgehead atoms. The topological polar surface area (TPSA) is 130 Å². The summed E-state index contributed by atoms with van der Waals surface area (Å²) in [5, 5.41) is 23.1. The van der Waals surface area contributed by atoms with Crippen LogP contribution in [0.5, 0.6) is 0 Å². The predicted molar refractivity (Wildman–Crippen MR) is 93.2 cm³/mol. The third-order valence-corrected chi connectivity index (χ3v) is 5.76. The van der Waals surface area contributed by atoms with Gasteiger partial charge in [-0.05, 0) is 18.6 Å². The van der Waals surface area contributed by atoms with E-state index in [1.165, 1.54) is 16.4 Å². The van der Waals surface area contributed by atoms with Crippen molar-refractivity contribution in [3.8, 4) is 0 Å². The summed E-state index contributed by atoms with van der Waals surface area (Å²) in [6, 6.07) is 2.45. The van der Waals surface area contributed by atoms with Gasteiger partial charge in [-0.2, -0.15) is 4.31 Å². The van der Waals surface area contributed by atoms with Crippen LogP contribution in [-0.4, -0.2) is 47.9 Å². The molecular formula is C15H23N3O6S. The minimum atomic E-state index is -3.84. The number of nitro groups is 1. The Hall–Kier alpha value is -2.20. The number of nitrogens with zero attached hydrogens (tertiary/aromatic N) is 2. The number of rotatable bonds is 10. The van der Waals surface area contributed by atoms with E-state index in [2.05, 4.69) is 5.32 Å². The molecule has 0 saturated carbocycles. The van der Waals surface area contributed by atoms with Crippen molar-refractivity contribution in [1.82, 2.24) is 4.31 Å². The lowest BCUT2D eigenvalue weighted by atomic mass is 10.1. The van der Waals surface area contributed by atoms with E-state index in [-0.39, 0.29) is 30.1 Å². The number of hydrogen-bond acceptors (Lipinski definition) is 6. The monoisotopic (exact) mass is 373 g/mol. The molecule has 1 aromatic carbocycles. The van der Waals surface area contributed by atoms with E-state index >= 15 is 0 Å². The van der Waals surface area contributed by atoms with Crippen LogP contribution >= 0.6 is 0 Å². The molecule has 2 N–H and O–H groups in total. The van der Waals surface area contributed by atoms with E-state index in [4.69, 9.17) is 0 Å². The van der Waals surface area contributed by atoms with Crippen LogP contribution in [0.1, 0.15) is 33.6 Å². The summed E-state index contributed by atoms with van der Waals surface area (Å²) in [6.07, 6.45) is 0.859. The number of carbonyl (C=O) groups is 1. The minimum Gasteiger partial charge on any atom is -0.480 e. The first kappa shape index (κ1) is 20.8. The van der Waals surface area contributed by atoms with Gasteiger partial charge in [0, 0.05) is 19.2 Å². The lowest BCUT2D eigenvalue weighted by Crippen LogP contribution is -2.31. The normalized spacial score (nSPS) is 12.8. The quantitative estimate of drug-likeness (QED) is 0.475. The van der Waals surface area contributed by atoms with Crippen molar-refractivity contribution in [2.24, 2.45) is 0 Å². The van der Waals surface area contributed by atoms with Crippen molar-refractivity contribution in [2.75, 3.05) is 18.4 Å². The fourth-order valence-electron chi connectivity index (χ4n) is 2.39. The van der Waals surface area contributed by atoms with E-state index in [1.54, 1.807) is 20.8 Å². The van der Waals surface area contributed by atoms with Crippen LogP contribution in [0.4, 0.5) is 11.4 Å². The second-order valence-corrected chi connectivity index (χ2v) is 7.29. The summed E-state index contributed by atoms with van der Waals surface area (Å²) in [7, 11) is -3.84. The summed E-state index contributed by atoms with van der Waals surface area (Å²) in [4.78, 5) is 21.6. The molecule has 0 heterocycles. The van der Waals surface area contributed by atoms with Gasteiger partial charge in [0.15, 0.2) is 0 Å². The van der Waals surface area contributed by atoms with Gasteiger partial charge >= 0.3 is 5.97 Å². The Balaban J connectivity index is 3.33. The SMILES string of the molecule is CCCC(Nc1ccc(S(=O)(=O)N(CC)CC)cc1[N+](=O)[O-])C(=O)O. The molecule has 1 aromatic rings. The summed E-state index contributed by atoms with van der Waals surface area (Å²) in [5.74, 6) is -1.13. The molecule has 25 heavy (non-hydrogen) atoms. The van der Waals surface area contributed by atoms with Crippen LogP contribution in [0.25, 0.3) is 0 Å². The van der Waals surface area contributed by atoms with Gasteiger partial charge in [-0.15, -0.1) is 0 Å². The van der Waals surface area contributed by atoms with Crippen molar-refractivity contribution in [2.45, 2.75) is 44.6 Å². The highest BCUT2D eigenvalue weighted by Crippen LogP contribution is 2.30. The van der Waals surface area contributed by atoms with Crippen molar-refractivity contribution in [3.05, 3.63) is 28.3 Å². The largest absolute Gasteiger partial charge is 0.480 e. The molecule has 1 rings (SSSR count). The van der Waals surface area contributed by atoms with Crippen molar-refractivity contribution < 1.29 is 23.2 Å². The number of anilines is 1. The molecule has 0 aliphatic carbocycles. The highest BCUT2D eigenvalue weighted by Gasteiger charge is 2.27. The number of benzene rings is 1. The average Bonchev–Trinajstić information content (AvgIpc) is 2.55. The molecule has 1 atom stereocenters. The lowest BCUT2D eigenvalue weighted by molar-refractivity contribution is -0.384. The highest BCUT2D eigenvalue weighted by atomic mass is 32.2. The Morgan fingerprint density at radius 1 is 1.32 bits per heavy atom. The van der Waals surface area contributed by atoms with Gasteiger partial charge in [0.1, 0.15) is 11.7 Å². The first-order valence-corrected chi connectivity index (χ1v) is 9.40. The number of sulfonamides is 1. The lowest BCUT2D eigenvalue weighted by Gasteiger charge is -2.19. The van der Waals surface area contributed by atoms with E-state index in [1.807, 2.05) is 0 Å². The molecule has 0 aromatic heterocycles. The highest BCUT2D eigenvalue weighted by molar-refractivity contribution is 7.89. The second-order valence-electron chi connectivity index (χ2n) is 5.35. The molecule has 0 saturated heterocycles.